The van der Waals surface area contributed by atoms with Gasteiger partial charge < -0.3 is 10.8 Å². The average molecular weight is 238 g/mol. The third-order valence-corrected chi connectivity index (χ3v) is 2.22. The number of aromatic hydroxyl groups is 1. The Hall–Kier alpha value is -2.64. The number of hydrogen-bond acceptors (Lipinski definition) is 5. The van der Waals surface area contributed by atoms with Gasteiger partial charge in [-0.25, -0.2) is 4.39 Å². The Labute approximate surface area is 93.8 Å². The number of aromatic nitrogens is 2. The molecule has 0 fully saturated rings. The van der Waals surface area contributed by atoms with Gasteiger partial charge in [0.25, 0.3) is 5.69 Å². The molecule has 0 spiro atoms. The predicted molar refractivity (Wildman–Crippen MR) is 56.7 cm³/mol. The smallest absolute Gasteiger partial charge is 0.273 e. The summed E-state index contributed by atoms with van der Waals surface area (Å²) in [5.74, 6) is -1.71. The van der Waals surface area contributed by atoms with Gasteiger partial charge >= 0.3 is 0 Å². The number of nitro groups is 1. The Morgan fingerprint density at radius 3 is 2.71 bits per heavy atom. The van der Waals surface area contributed by atoms with Gasteiger partial charge in [-0.15, -0.1) is 0 Å². The zero-order valence-electron chi connectivity index (χ0n) is 8.35. The average Bonchev–Trinajstić information content (AvgIpc) is 2.68. The number of anilines is 1. The minimum absolute atomic E-state index is 0.0806. The van der Waals surface area contributed by atoms with E-state index in [9.17, 15) is 19.6 Å². The first kappa shape index (κ1) is 10.9. The highest BCUT2D eigenvalue weighted by atomic mass is 19.1. The topological polar surface area (TPSA) is 118 Å². The van der Waals surface area contributed by atoms with Gasteiger partial charge in [0, 0.05) is 17.2 Å². The fraction of sp³-hybridized carbons (Fsp3) is 0. The number of H-pyrrole nitrogens is 1. The molecule has 0 radical (unpaired) electrons. The van der Waals surface area contributed by atoms with Crippen LogP contribution in [-0.4, -0.2) is 20.2 Å². The van der Waals surface area contributed by atoms with Gasteiger partial charge in [-0.1, -0.05) is 0 Å². The van der Waals surface area contributed by atoms with Crippen LogP contribution in [0, 0.1) is 15.9 Å². The number of non-ortho nitro benzene ring substituents is 1. The maximum absolute atomic E-state index is 13.3. The van der Waals surface area contributed by atoms with E-state index in [0.29, 0.717) is 6.07 Å². The van der Waals surface area contributed by atoms with Crippen molar-refractivity contribution in [2.24, 2.45) is 0 Å². The number of rotatable bonds is 2. The molecule has 1 heterocycles. The molecule has 2 aromatic rings. The zero-order chi connectivity index (χ0) is 12.6. The molecule has 1 aromatic heterocycles. The van der Waals surface area contributed by atoms with Gasteiger partial charge in [-0.2, -0.15) is 5.10 Å². The fourth-order valence-corrected chi connectivity index (χ4v) is 1.41. The van der Waals surface area contributed by atoms with E-state index in [1.807, 2.05) is 0 Å². The molecular weight excluding hydrogens is 231 g/mol. The molecular formula is C9H7FN4O3. The van der Waals surface area contributed by atoms with Crippen LogP contribution in [-0.2, 0) is 0 Å². The second kappa shape index (κ2) is 3.74. The quantitative estimate of drug-likeness (QED) is 0.540. The van der Waals surface area contributed by atoms with Gasteiger partial charge in [0.2, 0.25) is 0 Å². The van der Waals surface area contributed by atoms with Crippen LogP contribution in [0.25, 0.3) is 11.1 Å². The molecule has 0 saturated heterocycles. The van der Waals surface area contributed by atoms with Gasteiger partial charge in [0.15, 0.2) is 11.6 Å². The van der Waals surface area contributed by atoms with Crippen LogP contribution in [0.3, 0.4) is 0 Å². The second-order valence-electron chi connectivity index (χ2n) is 3.28. The number of nitrogens with zero attached hydrogens (tertiary/aromatic N) is 2. The molecule has 0 aliphatic rings. The minimum atomic E-state index is -1.09. The summed E-state index contributed by atoms with van der Waals surface area (Å²) in [7, 11) is 0. The number of hydrogen-bond donors (Lipinski definition) is 3. The van der Waals surface area contributed by atoms with E-state index in [4.69, 9.17) is 5.73 Å². The normalized spacial score (nSPS) is 10.4. The van der Waals surface area contributed by atoms with Crippen LogP contribution in [0.15, 0.2) is 18.3 Å². The third kappa shape index (κ3) is 1.75. The fourth-order valence-electron chi connectivity index (χ4n) is 1.41. The lowest BCUT2D eigenvalue weighted by Crippen LogP contribution is -1.93. The molecule has 0 unspecified atom stereocenters. The number of phenolic OH excluding ortho intramolecular Hbond substituents is 1. The Morgan fingerprint density at radius 2 is 2.18 bits per heavy atom. The highest BCUT2D eigenvalue weighted by molar-refractivity contribution is 5.79. The third-order valence-electron chi connectivity index (χ3n) is 2.22. The first-order valence-electron chi connectivity index (χ1n) is 4.47. The number of aromatic amines is 1. The molecule has 0 aliphatic carbocycles. The van der Waals surface area contributed by atoms with Crippen LogP contribution in [0.5, 0.6) is 5.75 Å². The molecule has 8 heteroatoms. The number of nitrogens with two attached hydrogens (primary N) is 1. The Balaban J connectivity index is 2.69. The molecule has 17 heavy (non-hydrogen) atoms. The number of benzene rings is 1. The van der Waals surface area contributed by atoms with E-state index in [-0.39, 0.29) is 16.9 Å². The first-order valence-corrected chi connectivity index (χ1v) is 4.47. The molecule has 7 nitrogen and oxygen atoms in total. The Kier molecular flexibility index (Phi) is 2.39. The van der Waals surface area contributed by atoms with Crippen molar-refractivity contribution in [1.82, 2.24) is 10.2 Å². The molecule has 88 valence electrons. The van der Waals surface area contributed by atoms with Gasteiger partial charge in [-0.05, 0) is 0 Å². The molecule has 0 saturated carbocycles. The van der Waals surface area contributed by atoms with E-state index in [2.05, 4.69) is 10.2 Å². The summed E-state index contributed by atoms with van der Waals surface area (Å²) in [5.41, 5.74) is 5.14. The largest absolute Gasteiger partial charge is 0.504 e. The summed E-state index contributed by atoms with van der Waals surface area (Å²) in [4.78, 5) is 9.81. The number of halogens is 1. The Morgan fingerprint density at radius 1 is 1.47 bits per heavy atom. The van der Waals surface area contributed by atoms with Crippen molar-refractivity contribution in [3.8, 4) is 16.9 Å². The van der Waals surface area contributed by atoms with Crippen molar-refractivity contribution in [2.45, 2.75) is 0 Å². The van der Waals surface area contributed by atoms with E-state index in [0.717, 1.165) is 6.07 Å². The maximum Gasteiger partial charge on any atom is 0.273 e. The van der Waals surface area contributed by atoms with Crippen LogP contribution in [0.1, 0.15) is 0 Å². The summed E-state index contributed by atoms with van der Waals surface area (Å²) in [6.45, 7) is 0. The highest BCUT2D eigenvalue weighted by Gasteiger charge is 2.19. The van der Waals surface area contributed by atoms with Crippen molar-refractivity contribution < 1.29 is 14.4 Å². The highest BCUT2D eigenvalue weighted by Crippen LogP contribution is 2.36. The number of nitrogen functional groups attached to an aromatic ring is 1. The predicted octanol–water partition coefficient (Wildman–Crippen LogP) is 1.41. The SMILES string of the molecule is Nc1[nH]ncc1-c1cc([N+](=O)[O-])cc(F)c1O. The molecule has 1 aromatic carbocycles. The van der Waals surface area contributed by atoms with Crippen LogP contribution in [0.4, 0.5) is 15.9 Å². The molecule has 0 bridgehead atoms. The van der Waals surface area contributed by atoms with Crippen LogP contribution < -0.4 is 5.73 Å². The van der Waals surface area contributed by atoms with E-state index < -0.39 is 22.2 Å². The summed E-state index contributed by atoms with van der Waals surface area (Å²) in [6, 6.07) is 1.66. The zero-order valence-corrected chi connectivity index (χ0v) is 8.35. The van der Waals surface area contributed by atoms with E-state index >= 15 is 0 Å². The monoisotopic (exact) mass is 238 g/mol. The lowest BCUT2D eigenvalue weighted by molar-refractivity contribution is -0.385. The van der Waals surface area contributed by atoms with Crippen molar-refractivity contribution in [2.75, 3.05) is 5.73 Å². The van der Waals surface area contributed by atoms with Crippen LogP contribution >= 0.6 is 0 Å². The summed E-state index contributed by atoms with van der Waals surface area (Å²) in [6.07, 6.45) is 1.24. The molecule has 0 atom stereocenters. The minimum Gasteiger partial charge on any atom is -0.504 e. The van der Waals surface area contributed by atoms with E-state index in [1.54, 1.807) is 0 Å². The van der Waals surface area contributed by atoms with Crippen molar-refractivity contribution in [3.63, 3.8) is 0 Å². The van der Waals surface area contributed by atoms with Crippen LogP contribution in [0.2, 0.25) is 0 Å². The van der Waals surface area contributed by atoms with Crippen molar-refractivity contribution >= 4 is 11.5 Å². The van der Waals surface area contributed by atoms with Gasteiger partial charge in [-0.3, -0.25) is 15.2 Å². The van der Waals surface area contributed by atoms with Crippen molar-refractivity contribution in [1.29, 1.82) is 0 Å². The lowest BCUT2D eigenvalue weighted by atomic mass is 10.1. The number of phenols is 1. The maximum atomic E-state index is 13.3. The summed E-state index contributed by atoms with van der Waals surface area (Å²) < 4.78 is 13.3. The molecule has 0 aliphatic heterocycles. The van der Waals surface area contributed by atoms with E-state index in [1.165, 1.54) is 6.20 Å². The molecule has 4 N–H and O–H groups in total. The van der Waals surface area contributed by atoms with Gasteiger partial charge in [0.05, 0.1) is 17.2 Å². The second-order valence-corrected chi connectivity index (χ2v) is 3.28. The number of nitrogens with one attached hydrogen (secondary N) is 1. The molecule has 0 amide bonds. The standard InChI is InChI=1S/C9H7FN4O3/c10-7-2-4(14(16)17)1-5(8(7)15)6-3-12-13-9(6)11/h1-3,15H,(H3,11,12,13). The first-order chi connectivity index (χ1) is 8.00. The number of nitro benzene ring substituents is 1. The molecule has 2 rings (SSSR count). The van der Waals surface area contributed by atoms with Gasteiger partial charge in [0.1, 0.15) is 5.82 Å². The summed E-state index contributed by atoms with van der Waals surface area (Å²) >= 11 is 0. The Bertz CT molecular complexity index is 596. The van der Waals surface area contributed by atoms with Crippen molar-refractivity contribution in [3.05, 3.63) is 34.3 Å². The lowest BCUT2D eigenvalue weighted by Gasteiger charge is -2.04. The summed E-state index contributed by atoms with van der Waals surface area (Å²) in [5, 5.41) is 26.1.